The summed E-state index contributed by atoms with van der Waals surface area (Å²) in [6, 6.07) is 0. The lowest BCUT2D eigenvalue weighted by Gasteiger charge is -2.02. The highest BCUT2D eigenvalue weighted by molar-refractivity contribution is 5.26. The van der Waals surface area contributed by atoms with E-state index in [1.54, 1.807) is 0 Å². The summed E-state index contributed by atoms with van der Waals surface area (Å²) in [5.41, 5.74) is 2.56. The molecule has 0 unspecified atom stereocenters. The van der Waals surface area contributed by atoms with E-state index in [9.17, 15) is 0 Å². The molecule has 0 aliphatic heterocycles. The van der Waals surface area contributed by atoms with E-state index in [0.29, 0.717) is 0 Å². The molecular formula is C9H14N2O. The zero-order valence-electron chi connectivity index (χ0n) is 7.32. The van der Waals surface area contributed by atoms with E-state index in [4.69, 9.17) is 5.11 Å². The number of nitrogens with zero attached hydrogens (tertiary/aromatic N) is 2. The molecule has 1 fully saturated rings. The summed E-state index contributed by atoms with van der Waals surface area (Å²) < 4.78 is 1.88. The largest absolute Gasteiger partial charge is 0.396 e. The molecule has 1 heterocycles. The Balaban J connectivity index is 2.26. The third-order valence-electron chi connectivity index (χ3n) is 2.46. The first-order valence-corrected chi connectivity index (χ1v) is 4.44. The Morgan fingerprint density at radius 2 is 2.42 bits per heavy atom. The molecule has 0 amide bonds. The molecule has 0 spiro atoms. The fourth-order valence-corrected chi connectivity index (χ4v) is 1.63. The quantitative estimate of drug-likeness (QED) is 0.722. The zero-order chi connectivity index (χ0) is 8.55. The number of hydrogen-bond acceptors (Lipinski definition) is 2. The molecule has 12 heavy (non-hydrogen) atoms. The van der Waals surface area contributed by atoms with Crippen LogP contribution in [0, 0.1) is 0 Å². The number of aliphatic hydroxyl groups excluding tert-OH is 1. The molecule has 2 rings (SSSR count). The van der Waals surface area contributed by atoms with Crippen LogP contribution in [0.5, 0.6) is 0 Å². The second-order valence-electron chi connectivity index (χ2n) is 3.42. The van der Waals surface area contributed by atoms with Crippen molar-refractivity contribution in [3.05, 3.63) is 17.5 Å². The number of aryl methyl sites for hydroxylation is 1. The molecule has 3 nitrogen and oxygen atoms in total. The molecule has 1 aromatic rings. The second kappa shape index (κ2) is 2.90. The van der Waals surface area contributed by atoms with Crippen LogP contribution in [0.25, 0.3) is 0 Å². The Kier molecular flexibility index (Phi) is 1.89. The van der Waals surface area contributed by atoms with Gasteiger partial charge in [0.25, 0.3) is 0 Å². The maximum absolute atomic E-state index is 8.85. The summed E-state index contributed by atoms with van der Waals surface area (Å²) in [7, 11) is 1.94. The lowest BCUT2D eigenvalue weighted by atomic mass is 10.1. The number of rotatable bonds is 3. The highest BCUT2D eigenvalue weighted by Crippen LogP contribution is 2.41. The van der Waals surface area contributed by atoms with E-state index in [1.165, 1.54) is 24.1 Å². The topological polar surface area (TPSA) is 38.0 Å². The van der Waals surface area contributed by atoms with Crippen LogP contribution in [-0.2, 0) is 13.5 Å². The Morgan fingerprint density at radius 1 is 1.67 bits per heavy atom. The van der Waals surface area contributed by atoms with Gasteiger partial charge >= 0.3 is 0 Å². The fourth-order valence-electron chi connectivity index (χ4n) is 1.63. The Bertz CT molecular complexity index is 276. The molecule has 66 valence electrons. The SMILES string of the molecule is Cn1ncc(C2CC2)c1CCO. The van der Waals surface area contributed by atoms with Gasteiger partial charge in [0.2, 0.25) is 0 Å². The standard InChI is InChI=1S/C9H14N2O/c1-11-9(4-5-12)8(6-10-11)7-2-3-7/h6-7,12H,2-5H2,1H3. The summed E-state index contributed by atoms with van der Waals surface area (Å²) in [6.45, 7) is 0.221. The van der Waals surface area contributed by atoms with Crippen LogP contribution >= 0.6 is 0 Å². The monoisotopic (exact) mass is 166 g/mol. The molecule has 1 aliphatic carbocycles. The summed E-state index contributed by atoms with van der Waals surface area (Å²) in [5, 5.41) is 13.1. The molecule has 0 aromatic carbocycles. The van der Waals surface area contributed by atoms with E-state index >= 15 is 0 Å². The normalized spacial score (nSPS) is 16.8. The molecule has 0 bridgehead atoms. The lowest BCUT2D eigenvalue weighted by Crippen LogP contribution is -2.02. The predicted molar refractivity (Wildman–Crippen MR) is 46.0 cm³/mol. The van der Waals surface area contributed by atoms with Gasteiger partial charge in [-0.3, -0.25) is 4.68 Å². The van der Waals surface area contributed by atoms with Gasteiger partial charge in [0.15, 0.2) is 0 Å². The molecule has 0 atom stereocenters. The van der Waals surface area contributed by atoms with E-state index in [0.717, 1.165) is 12.3 Å². The first-order chi connectivity index (χ1) is 5.83. The maximum atomic E-state index is 8.85. The van der Waals surface area contributed by atoms with Gasteiger partial charge in [-0.15, -0.1) is 0 Å². The van der Waals surface area contributed by atoms with E-state index in [-0.39, 0.29) is 6.61 Å². The van der Waals surface area contributed by atoms with E-state index < -0.39 is 0 Å². The van der Waals surface area contributed by atoms with Gasteiger partial charge in [0.05, 0.1) is 6.20 Å². The van der Waals surface area contributed by atoms with Crippen LogP contribution in [-0.4, -0.2) is 21.5 Å². The smallest absolute Gasteiger partial charge is 0.0527 e. The first-order valence-electron chi connectivity index (χ1n) is 4.44. The van der Waals surface area contributed by atoms with E-state index in [2.05, 4.69) is 5.10 Å². The van der Waals surface area contributed by atoms with Crippen molar-refractivity contribution in [2.45, 2.75) is 25.2 Å². The molecule has 0 saturated heterocycles. The van der Waals surface area contributed by atoms with Crippen molar-refractivity contribution in [1.29, 1.82) is 0 Å². The second-order valence-corrected chi connectivity index (χ2v) is 3.42. The number of hydrogen-bond donors (Lipinski definition) is 1. The Hall–Kier alpha value is -0.830. The van der Waals surface area contributed by atoms with Gasteiger partial charge in [-0.1, -0.05) is 0 Å². The molecule has 1 N–H and O–H groups in total. The van der Waals surface area contributed by atoms with Crippen LogP contribution in [0.3, 0.4) is 0 Å². The predicted octanol–water partition coefficient (Wildman–Crippen LogP) is 0.832. The zero-order valence-corrected chi connectivity index (χ0v) is 7.32. The van der Waals surface area contributed by atoms with Crippen molar-refractivity contribution < 1.29 is 5.11 Å². The summed E-state index contributed by atoms with van der Waals surface area (Å²) >= 11 is 0. The van der Waals surface area contributed by atoms with Crippen LogP contribution in [0.2, 0.25) is 0 Å². The summed E-state index contributed by atoms with van der Waals surface area (Å²) in [6.07, 6.45) is 5.28. The fraction of sp³-hybridized carbons (Fsp3) is 0.667. The summed E-state index contributed by atoms with van der Waals surface area (Å²) in [4.78, 5) is 0. The molecule has 1 aliphatic rings. The van der Waals surface area contributed by atoms with Crippen LogP contribution in [0.4, 0.5) is 0 Å². The van der Waals surface area contributed by atoms with Crippen LogP contribution in [0.1, 0.15) is 30.0 Å². The third kappa shape index (κ3) is 1.25. The minimum absolute atomic E-state index is 0.221. The Morgan fingerprint density at radius 3 is 3.00 bits per heavy atom. The van der Waals surface area contributed by atoms with E-state index in [1.807, 2.05) is 17.9 Å². The summed E-state index contributed by atoms with van der Waals surface area (Å²) in [5.74, 6) is 0.736. The van der Waals surface area contributed by atoms with Gasteiger partial charge in [-0.2, -0.15) is 5.10 Å². The van der Waals surface area contributed by atoms with Crippen LogP contribution in [0.15, 0.2) is 6.20 Å². The van der Waals surface area contributed by atoms with Crippen molar-refractivity contribution in [3.63, 3.8) is 0 Å². The minimum Gasteiger partial charge on any atom is -0.396 e. The van der Waals surface area contributed by atoms with Gasteiger partial charge < -0.3 is 5.11 Å². The average molecular weight is 166 g/mol. The van der Waals surface area contributed by atoms with Gasteiger partial charge in [0.1, 0.15) is 0 Å². The van der Waals surface area contributed by atoms with Crippen molar-refractivity contribution in [2.24, 2.45) is 7.05 Å². The highest BCUT2D eigenvalue weighted by atomic mass is 16.3. The number of aliphatic hydroxyl groups is 1. The van der Waals surface area contributed by atoms with Crippen molar-refractivity contribution in [3.8, 4) is 0 Å². The molecule has 1 aromatic heterocycles. The molecule has 0 radical (unpaired) electrons. The van der Waals surface area contributed by atoms with Gasteiger partial charge in [-0.05, 0) is 24.3 Å². The average Bonchev–Trinajstić information content (AvgIpc) is 2.82. The van der Waals surface area contributed by atoms with Gasteiger partial charge in [0, 0.05) is 25.8 Å². The van der Waals surface area contributed by atoms with Gasteiger partial charge in [-0.25, -0.2) is 0 Å². The lowest BCUT2D eigenvalue weighted by molar-refractivity contribution is 0.296. The number of aromatic nitrogens is 2. The van der Waals surface area contributed by atoms with Crippen molar-refractivity contribution >= 4 is 0 Å². The minimum atomic E-state index is 0.221. The molecule has 3 heteroatoms. The third-order valence-corrected chi connectivity index (χ3v) is 2.46. The maximum Gasteiger partial charge on any atom is 0.0527 e. The van der Waals surface area contributed by atoms with Crippen molar-refractivity contribution in [1.82, 2.24) is 9.78 Å². The van der Waals surface area contributed by atoms with Crippen LogP contribution < -0.4 is 0 Å². The Labute approximate surface area is 72.0 Å². The molecule has 1 saturated carbocycles. The highest BCUT2D eigenvalue weighted by Gasteiger charge is 2.27. The van der Waals surface area contributed by atoms with Crippen molar-refractivity contribution in [2.75, 3.05) is 6.61 Å². The first kappa shape index (κ1) is 7.80. The molecular weight excluding hydrogens is 152 g/mol.